The molecule has 2 rings (SSSR count). The van der Waals surface area contributed by atoms with Crippen molar-refractivity contribution >= 4 is 23.3 Å². The van der Waals surface area contributed by atoms with Gasteiger partial charge in [-0.15, -0.1) is 0 Å². The summed E-state index contributed by atoms with van der Waals surface area (Å²) in [4.78, 5) is 0. The smallest absolute Gasteiger partial charge is 0.0460 e. The van der Waals surface area contributed by atoms with Gasteiger partial charge in [-0.1, -0.05) is 93.2 Å². The summed E-state index contributed by atoms with van der Waals surface area (Å²) < 4.78 is 0. The first-order valence-corrected chi connectivity index (χ1v) is 10.1. The minimum absolute atomic E-state index is 0.0345. The van der Waals surface area contributed by atoms with Crippen molar-refractivity contribution in [2.75, 3.05) is 0 Å². The largest absolute Gasteiger partial charge is 0.278 e. The van der Waals surface area contributed by atoms with Gasteiger partial charge in [-0.25, -0.2) is 0 Å². The van der Waals surface area contributed by atoms with Crippen molar-refractivity contribution in [3.05, 3.63) is 66.2 Å². The molecular weight excluding hydrogens is 293 g/mol. The third-order valence-corrected chi connectivity index (χ3v) is 10.00. The molecule has 0 bridgehead atoms. The molecule has 112 valence electrons. The first-order chi connectivity index (χ1) is 9.84. The molecule has 0 heterocycles. The Morgan fingerprint density at radius 1 is 0.905 bits per heavy atom. The summed E-state index contributed by atoms with van der Waals surface area (Å²) >= 11 is 6.18. The van der Waals surface area contributed by atoms with Gasteiger partial charge in [-0.2, -0.15) is 0 Å². The van der Waals surface area contributed by atoms with Crippen LogP contribution >= 0.6 is 6.19 Å². The van der Waals surface area contributed by atoms with E-state index in [9.17, 15) is 0 Å². The molecule has 0 aliphatic heterocycles. The number of benzene rings is 2. The lowest BCUT2D eigenvalue weighted by Crippen LogP contribution is -2.33. The number of rotatable bonds is 4. The summed E-state index contributed by atoms with van der Waals surface area (Å²) in [6, 6.07) is 21.3. The molecule has 0 spiro atoms. The molecule has 0 saturated heterocycles. The van der Waals surface area contributed by atoms with E-state index in [4.69, 9.17) is 11.8 Å². The summed E-state index contributed by atoms with van der Waals surface area (Å²) in [5.41, 5.74) is 1.28. The molecule has 2 aromatic carbocycles. The van der Waals surface area contributed by atoms with E-state index in [2.05, 4.69) is 81.3 Å². The monoisotopic (exact) mass is 317 g/mol. The zero-order valence-corrected chi connectivity index (χ0v) is 14.9. The summed E-state index contributed by atoms with van der Waals surface area (Å²) in [6.45, 7) is 8.92. The van der Waals surface area contributed by atoms with Crippen LogP contribution in [0.25, 0.3) is 0 Å². The SMILES string of the molecule is C[C@@H](N[P@](=S)(c1ccccc1)C(C)(C)C)c1ccccc1. The first-order valence-electron chi connectivity index (χ1n) is 7.33. The van der Waals surface area contributed by atoms with Crippen LogP contribution in [0.5, 0.6) is 0 Å². The second kappa shape index (κ2) is 6.44. The van der Waals surface area contributed by atoms with E-state index in [1.807, 2.05) is 12.1 Å². The Morgan fingerprint density at radius 3 is 1.86 bits per heavy atom. The molecule has 0 aliphatic rings. The van der Waals surface area contributed by atoms with Gasteiger partial charge in [0.1, 0.15) is 0 Å². The fourth-order valence-electron chi connectivity index (χ4n) is 2.38. The van der Waals surface area contributed by atoms with Crippen molar-refractivity contribution < 1.29 is 0 Å². The third-order valence-electron chi connectivity index (χ3n) is 3.74. The van der Waals surface area contributed by atoms with E-state index in [1.54, 1.807) is 0 Å². The molecule has 2 atom stereocenters. The molecular formula is C18H24NPS. The van der Waals surface area contributed by atoms with Gasteiger partial charge in [0.2, 0.25) is 0 Å². The molecule has 21 heavy (non-hydrogen) atoms. The molecule has 2 aromatic rings. The molecule has 0 aromatic heterocycles. The van der Waals surface area contributed by atoms with Crippen LogP contribution in [0, 0.1) is 0 Å². The van der Waals surface area contributed by atoms with E-state index in [0.717, 1.165) is 0 Å². The molecule has 1 N–H and O–H groups in total. The first kappa shape index (κ1) is 16.4. The minimum atomic E-state index is -1.89. The number of hydrogen-bond acceptors (Lipinski definition) is 1. The van der Waals surface area contributed by atoms with Crippen molar-refractivity contribution in [3.8, 4) is 0 Å². The van der Waals surface area contributed by atoms with E-state index in [1.165, 1.54) is 10.9 Å². The van der Waals surface area contributed by atoms with Crippen molar-refractivity contribution in [1.29, 1.82) is 0 Å². The Balaban J connectivity index is 2.37. The third kappa shape index (κ3) is 3.63. The lowest BCUT2D eigenvalue weighted by Gasteiger charge is -2.38. The standard InChI is InChI=1S/C18H24NPS/c1-15(16-11-7-5-8-12-16)19-20(21,18(2,3)4)17-13-9-6-10-14-17/h5-15H,1-4H3,(H,19,21)/t15-,20+/m1/s1. The topological polar surface area (TPSA) is 12.0 Å². The predicted molar refractivity (Wildman–Crippen MR) is 98.1 cm³/mol. The van der Waals surface area contributed by atoms with Gasteiger partial charge in [0.15, 0.2) is 0 Å². The normalized spacial score (nSPS) is 16.2. The van der Waals surface area contributed by atoms with E-state index in [0.29, 0.717) is 0 Å². The molecule has 0 unspecified atom stereocenters. The Morgan fingerprint density at radius 2 is 1.38 bits per heavy atom. The van der Waals surface area contributed by atoms with Crippen LogP contribution < -0.4 is 10.4 Å². The minimum Gasteiger partial charge on any atom is -0.278 e. The van der Waals surface area contributed by atoms with Crippen LogP contribution in [-0.2, 0) is 11.8 Å². The highest BCUT2D eigenvalue weighted by Gasteiger charge is 2.34. The van der Waals surface area contributed by atoms with Gasteiger partial charge in [-0.05, 0) is 17.8 Å². The van der Waals surface area contributed by atoms with Gasteiger partial charge in [0, 0.05) is 17.4 Å². The van der Waals surface area contributed by atoms with Gasteiger partial charge in [0.05, 0.1) is 0 Å². The number of nitrogens with one attached hydrogen (secondary N) is 1. The zero-order valence-electron chi connectivity index (χ0n) is 13.2. The highest BCUT2D eigenvalue weighted by molar-refractivity contribution is 8.18. The van der Waals surface area contributed by atoms with Crippen LogP contribution in [-0.4, -0.2) is 5.16 Å². The average molecular weight is 317 g/mol. The van der Waals surface area contributed by atoms with Crippen LogP contribution in [0.1, 0.15) is 39.3 Å². The molecule has 0 saturated carbocycles. The lowest BCUT2D eigenvalue weighted by molar-refractivity contribution is 0.703. The van der Waals surface area contributed by atoms with E-state index < -0.39 is 6.19 Å². The van der Waals surface area contributed by atoms with Crippen LogP contribution in [0.15, 0.2) is 60.7 Å². The zero-order chi connectivity index (χ0) is 15.5. The second-order valence-electron chi connectivity index (χ2n) is 6.38. The highest BCUT2D eigenvalue weighted by Crippen LogP contribution is 2.54. The second-order valence-corrected chi connectivity index (χ2v) is 11.4. The van der Waals surface area contributed by atoms with Crippen LogP contribution in [0.3, 0.4) is 0 Å². The number of hydrogen-bond donors (Lipinski definition) is 1. The van der Waals surface area contributed by atoms with E-state index in [-0.39, 0.29) is 11.2 Å². The van der Waals surface area contributed by atoms with Crippen LogP contribution in [0.2, 0.25) is 0 Å². The fourth-order valence-corrected chi connectivity index (χ4v) is 5.82. The molecule has 0 radical (unpaired) electrons. The average Bonchev–Trinajstić information content (AvgIpc) is 2.47. The van der Waals surface area contributed by atoms with Crippen molar-refractivity contribution in [1.82, 2.24) is 5.09 Å². The Bertz CT molecular complexity index is 617. The maximum absolute atomic E-state index is 6.18. The summed E-state index contributed by atoms with van der Waals surface area (Å²) in [5.74, 6) is 0. The molecule has 0 fully saturated rings. The Labute approximate surface area is 133 Å². The van der Waals surface area contributed by atoms with Gasteiger partial charge < -0.3 is 0 Å². The summed E-state index contributed by atoms with van der Waals surface area (Å²) in [5, 5.41) is 5.09. The van der Waals surface area contributed by atoms with Crippen LogP contribution in [0.4, 0.5) is 0 Å². The quantitative estimate of drug-likeness (QED) is 0.809. The van der Waals surface area contributed by atoms with E-state index >= 15 is 0 Å². The fraction of sp³-hybridized carbons (Fsp3) is 0.333. The molecule has 1 nitrogen and oxygen atoms in total. The van der Waals surface area contributed by atoms with Crippen molar-refractivity contribution in [3.63, 3.8) is 0 Å². The van der Waals surface area contributed by atoms with Gasteiger partial charge >= 0.3 is 0 Å². The van der Waals surface area contributed by atoms with Crippen molar-refractivity contribution in [2.45, 2.75) is 38.9 Å². The summed E-state index contributed by atoms with van der Waals surface area (Å²) in [7, 11) is 0. The Hall–Kier alpha value is -0.950. The predicted octanol–water partition coefficient (Wildman–Crippen LogP) is 4.86. The molecule has 3 heteroatoms. The Kier molecular flexibility index (Phi) is 5.03. The maximum Gasteiger partial charge on any atom is 0.0460 e. The maximum atomic E-state index is 6.18. The lowest BCUT2D eigenvalue weighted by atomic mass is 10.1. The molecule has 0 amide bonds. The van der Waals surface area contributed by atoms with Gasteiger partial charge in [0.25, 0.3) is 0 Å². The summed E-state index contributed by atoms with van der Waals surface area (Å²) in [6.07, 6.45) is -1.89. The highest BCUT2D eigenvalue weighted by atomic mass is 32.4. The van der Waals surface area contributed by atoms with Crippen molar-refractivity contribution in [2.24, 2.45) is 0 Å². The molecule has 0 aliphatic carbocycles. The van der Waals surface area contributed by atoms with Gasteiger partial charge in [-0.3, -0.25) is 5.09 Å².